The summed E-state index contributed by atoms with van der Waals surface area (Å²) in [5.41, 5.74) is 0. The van der Waals surface area contributed by atoms with Crippen LogP contribution in [0.4, 0.5) is 0 Å². The Morgan fingerprint density at radius 2 is 2.24 bits per heavy atom. The molecule has 0 aromatic carbocycles. The number of aliphatic imine (C=N–C) groups is 1. The maximum absolute atomic E-state index is 5.58. The van der Waals surface area contributed by atoms with E-state index in [1.165, 1.54) is 25.7 Å². The van der Waals surface area contributed by atoms with Gasteiger partial charge in [0.25, 0.3) is 0 Å². The smallest absolute Gasteiger partial charge is 0.191 e. The molecule has 2 N–H and O–H groups in total. The molecule has 0 atom stereocenters. The van der Waals surface area contributed by atoms with Gasteiger partial charge in [-0.1, -0.05) is 12.8 Å². The first kappa shape index (κ1) is 18.0. The lowest BCUT2D eigenvalue weighted by molar-refractivity contribution is 0.327. The number of aromatic nitrogens is 1. The van der Waals surface area contributed by atoms with Crippen molar-refractivity contribution in [2.75, 3.05) is 19.7 Å². The minimum Gasteiger partial charge on any atom is -0.490 e. The summed E-state index contributed by atoms with van der Waals surface area (Å²) in [5.74, 6) is 1.69. The lowest BCUT2D eigenvalue weighted by Gasteiger charge is -2.16. The van der Waals surface area contributed by atoms with Crippen molar-refractivity contribution in [1.29, 1.82) is 0 Å². The van der Waals surface area contributed by atoms with Gasteiger partial charge < -0.3 is 15.4 Å². The zero-order valence-corrected chi connectivity index (χ0v) is 14.9. The highest BCUT2D eigenvalue weighted by molar-refractivity contribution is 14.0. The second kappa shape index (κ2) is 10.6. The Bertz CT molecular complexity index is 407. The van der Waals surface area contributed by atoms with Crippen molar-refractivity contribution in [2.24, 2.45) is 4.99 Å². The number of nitrogens with zero attached hydrogens (tertiary/aromatic N) is 2. The minimum absolute atomic E-state index is 0. The molecule has 1 aliphatic rings. The third-order valence-electron chi connectivity index (χ3n) is 3.30. The van der Waals surface area contributed by atoms with Crippen molar-refractivity contribution in [3.8, 4) is 5.75 Å². The van der Waals surface area contributed by atoms with Crippen molar-refractivity contribution in [2.45, 2.75) is 38.6 Å². The molecular weight excluding hydrogens is 379 g/mol. The van der Waals surface area contributed by atoms with Crippen molar-refractivity contribution in [3.63, 3.8) is 0 Å². The third kappa shape index (κ3) is 6.97. The molecule has 6 heteroatoms. The van der Waals surface area contributed by atoms with Crippen LogP contribution in [-0.2, 0) is 0 Å². The Morgan fingerprint density at radius 3 is 2.90 bits per heavy atom. The summed E-state index contributed by atoms with van der Waals surface area (Å²) in [4.78, 5) is 8.55. The van der Waals surface area contributed by atoms with E-state index in [9.17, 15) is 0 Å². The molecule has 21 heavy (non-hydrogen) atoms. The molecule has 0 bridgehead atoms. The molecule has 2 rings (SSSR count). The highest BCUT2D eigenvalue weighted by atomic mass is 127. The maximum Gasteiger partial charge on any atom is 0.191 e. The Labute approximate surface area is 144 Å². The highest BCUT2D eigenvalue weighted by Crippen LogP contribution is 2.17. The summed E-state index contributed by atoms with van der Waals surface area (Å²) in [6.07, 6.45) is 8.58. The molecule has 1 saturated carbocycles. The quantitative estimate of drug-likeness (QED) is 0.331. The lowest BCUT2D eigenvalue weighted by atomic mass is 10.2. The van der Waals surface area contributed by atoms with Crippen LogP contribution in [0.5, 0.6) is 5.75 Å². The predicted molar refractivity (Wildman–Crippen MR) is 96.5 cm³/mol. The molecule has 0 radical (unpaired) electrons. The van der Waals surface area contributed by atoms with Crippen molar-refractivity contribution >= 4 is 29.9 Å². The van der Waals surface area contributed by atoms with Gasteiger partial charge in [-0.15, -0.1) is 24.0 Å². The van der Waals surface area contributed by atoms with Crippen molar-refractivity contribution < 1.29 is 4.74 Å². The number of hydrogen-bond acceptors (Lipinski definition) is 3. The maximum atomic E-state index is 5.58. The van der Waals surface area contributed by atoms with Crippen LogP contribution in [0.3, 0.4) is 0 Å². The molecule has 5 nitrogen and oxygen atoms in total. The Morgan fingerprint density at radius 1 is 1.43 bits per heavy atom. The second-order valence-electron chi connectivity index (χ2n) is 4.92. The molecule has 1 heterocycles. The van der Waals surface area contributed by atoms with Crippen LogP contribution < -0.4 is 15.4 Å². The van der Waals surface area contributed by atoms with E-state index in [1.807, 2.05) is 12.1 Å². The van der Waals surface area contributed by atoms with Gasteiger partial charge in [-0.05, 0) is 31.9 Å². The van der Waals surface area contributed by atoms with Crippen molar-refractivity contribution in [1.82, 2.24) is 15.6 Å². The van der Waals surface area contributed by atoms with Crippen LogP contribution in [-0.4, -0.2) is 36.7 Å². The largest absolute Gasteiger partial charge is 0.490 e. The number of hydrogen-bond donors (Lipinski definition) is 2. The monoisotopic (exact) mass is 404 g/mol. The molecule has 0 amide bonds. The van der Waals surface area contributed by atoms with Gasteiger partial charge in [0.2, 0.25) is 0 Å². The molecule has 0 saturated heterocycles. The fourth-order valence-corrected chi connectivity index (χ4v) is 2.34. The number of nitrogens with one attached hydrogen (secondary N) is 2. The normalized spacial score (nSPS) is 15.4. The Balaban J connectivity index is 0.00000220. The molecule has 0 spiro atoms. The van der Waals surface area contributed by atoms with Gasteiger partial charge in [0, 0.05) is 18.8 Å². The number of pyridine rings is 1. The molecule has 118 valence electrons. The predicted octanol–water partition coefficient (Wildman–Crippen LogP) is 2.58. The number of ether oxygens (including phenoxy) is 1. The summed E-state index contributed by atoms with van der Waals surface area (Å²) >= 11 is 0. The van der Waals surface area contributed by atoms with E-state index in [0.717, 1.165) is 18.3 Å². The first-order chi connectivity index (χ1) is 9.88. The second-order valence-corrected chi connectivity index (χ2v) is 4.92. The van der Waals surface area contributed by atoms with Crippen LogP contribution in [0.15, 0.2) is 29.5 Å². The first-order valence-electron chi connectivity index (χ1n) is 7.46. The van der Waals surface area contributed by atoms with Crippen LogP contribution >= 0.6 is 24.0 Å². The van der Waals surface area contributed by atoms with Gasteiger partial charge in [-0.25, -0.2) is 4.99 Å². The molecule has 0 aliphatic heterocycles. The average molecular weight is 404 g/mol. The van der Waals surface area contributed by atoms with Gasteiger partial charge in [0.1, 0.15) is 12.4 Å². The van der Waals surface area contributed by atoms with Gasteiger partial charge in [0.15, 0.2) is 5.96 Å². The SMILES string of the molecule is CCNC(=NCCOc1cccnc1)NC1CCCC1.I. The number of guanidine groups is 1. The number of rotatable bonds is 6. The molecule has 1 fully saturated rings. The lowest BCUT2D eigenvalue weighted by Crippen LogP contribution is -2.42. The van der Waals surface area contributed by atoms with Crippen molar-refractivity contribution in [3.05, 3.63) is 24.5 Å². The Hall–Kier alpha value is -1.05. The fourth-order valence-electron chi connectivity index (χ4n) is 2.34. The van der Waals surface area contributed by atoms with E-state index in [-0.39, 0.29) is 24.0 Å². The van der Waals surface area contributed by atoms with E-state index in [2.05, 4.69) is 27.5 Å². The summed E-state index contributed by atoms with van der Waals surface area (Å²) in [5, 5.41) is 6.77. The van der Waals surface area contributed by atoms with E-state index >= 15 is 0 Å². The fraction of sp³-hybridized carbons (Fsp3) is 0.600. The van der Waals surface area contributed by atoms with E-state index in [4.69, 9.17) is 4.74 Å². The first-order valence-corrected chi connectivity index (χ1v) is 7.46. The van der Waals surface area contributed by atoms with Crippen LogP contribution in [0.25, 0.3) is 0 Å². The molecular formula is C15H25IN4O. The van der Waals surface area contributed by atoms with Gasteiger partial charge in [-0.3, -0.25) is 4.98 Å². The summed E-state index contributed by atoms with van der Waals surface area (Å²) in [6.45, 7) is 4.16. The standard InChI is InChI=1S/C15H24N4O.HI/c1-2-17-15(19-13-6-3-4-7-13)18-10-11-20-14-8-5-9-16-12-14;/h5,8-9,12-13H,2-4,6-7,10-11H2,1H3,(H2,17,18,19);1H. The van der Waals surface area contributed by atoms with Crippen LogP contribution in [0, 0.1) is 0 Å². The zero-order chi connectivity index (χ0) is 14.0. The van der Waals surface area contributed by atoms with E-state index in [0.29, 0.717) is 19.2 Å². The van der Waals surface area contributed by atoms with Gasteiger partial charge in [-0.2, -0.15) is 0 Å². The number of halogens is 1. The highest BCUT2D eigenvalue weighted by Gasteiger charge is 2.15. The van der Waals surface area contributed by atoms with Gasteiger partial charge in [0.05, 0.1) is 12.7 Å². The topological polar surface area (TPSA) is 58.5 Å². The summed E-state index contributed by atoms with van der Waals surface area (Å²) in [7, 11) is 0. The van der Waals surface area contributed by atoms with Gasteiger partial charge >= 0.3 is 0 Å². The van der Waals surface area contributed by atoms with Crippen LogP contribution in [0.1, 0.15) is 32.6 Å². The molecule has 1 aliphatic carbocycles. The average Bonchev–Trinajstić information content (AvgIpc) is 2.98. The Kier molecular flexibility index (Phi) is 9.12. The summed E-state index contributed by atoms with van der Waals surface area (Å²) in [6, 6.07) is 4.34. The third-order valence-corrected chi connectivity index (χ3v) is 3.30. The van der Waals surface area contributed by atoms with Crippen LogP contribution in [0.2, 0.25) is 0 Å². The summed E-state index contributed by atoms with van der Waals surface area (Å²) < 4.78 is 5.58. The minimum atomic E-state index is 0. The van der Waals surface area contributed by atoms with E-state index in [1.54, 1.807) is 12.4 Å². The van der Waals surface area contributed by atoms with E-state index < -0.39 is 0 Å². The zero-order valence-electron chi connectivity index (χ0n) is 12.5. The molecule has 0 unspecified atom stereocenters. The molecule has 1 aromatic heterocycles. The molecule has 1 aromatic rings.